The van der Waals surface area contributed by atoms with Crippen molar-refractivity contribution in [2.45, 2.75) is 5.75 Å². The van der Waals surface area contributed by atoms with Gasteiger partial charge in [-0.3, -0.25) is 4.79 Å². The molecule has 0 aliphatic carbocycles. The van der Waals surface area contributed by atoms with Crippen LogP contribution in [0.25, 0.3) is 6.08 Å². The number of rotatable bonds is 15. The Bertz CT molecular complexity index is 1560. The second-order valence-electron chi connectivity index (χ2n) is 8.85. The first-order valence-electron chi connectivity index (χ1n) is 12.8. The molecule has 3 rings (SSSR count). The zero-order valence-corrected chi connectivity index (χ0v) is 25.9. The third kappa shape index (κ3) is 8.13. The monoisotopic (exact) mass is 613 g/mol. The van der Waals surface area contributed by atoms with Crippen molar-refractivity contribution in [2.75, 3.05) is 55.1 Å². The van der Waals surface area contributed by atoms with E-state index in [1.165, 1.54) is 68.1 Å². The molecule has 0 saturated carbocycles. The highest BCUT2D eigenvalue weighted by Crippen LogP contribution is 2.38. The van der Waals surface area contributed by atoms with Crippen LogP contribution >= 0.6 is 0 Å². The summed E-state index contributed by atoms with van der Waals surface area (Å²) in [5.74, 6) is 2.19. The van der Waals surface area contributed by atoms with Crippen LogP contribution in [-0.2, 0) is 15.6 Å². The van der Waals surface area contributed by atoms with Crippen LogP contribution in [0.1, 0.15) is 21.5 Å². The van der Waals surface area contributed by atoms with E-state index in [4.69, 9.17) is 33.2 Å². The van der Waals surface area contributed by atoms with Gasteiger partial charge in [-0.05, 0) is 35.9 Å². The van der Waals surface area contributed by atoms with Crippen LogP contribution in [0.15, 0.2) is 60.1 Å². The number of hydrogen-bond donors (Lipinski definition) is 1. The van der Waals surface area contributed by atoms with Crippen LogP contribution < -0.4 is 38.5 Å². The number of anilines is 1. The molecule has 0 bridgehead atoms. The lowest BCUT2D eigenvalue weighted by Crippen LogP contribution is -2.03. The average Bonchev–Trinajstić information content (AvgIpc) is 3.02. The van der Waals surface area contributed by atoms with Gasteiger partial charge >= 0.3 is 0 Å². The summed E-state index contributed by atoms with van der Waals surface area (Å²) in [6, 6.07) is 11.3. The van der Waals surface area contributed by atoms with Gasteiger partial charge in [-0.25, -0.2) is 8.42 Å². The molecule has 0 spiro atoms. The number of methoxy groups -OCH3 is 7. The number of carbonyl (C=O) groups excluding carboxylic acids is 1. The lowest BCUT2D eigenvalue weighted by atomic mass is 10.1. The summed E-state index contributed by atoms with van der Waals surface area (Å²) in [6.07, 6.45) is 4.18. The minimum absolute atomic E-state index is 0.295. The van der Waals surface area contributed by atoms with Gasteiger partial charge in [-0.2, -0.15) is 0 Å². The first-order valence-corrected chi connectivity index (χ1v) is 14.5. The molecule has 230 valence electrons. The number of sulfone groups is 1. The molecular formula is C31H35NO10S. The fraction of sp³-hybridized carbons (Fsp3) is 0.258. The Labute approximate surface area is 251 Å². The number of benzene rings is 3. The van der Waals surface area contributed by atoms with Gasteiger partial charge in [-0.1, -0.05) is 6.07 Å². The van der Waals surface area contributed by atoms with Gasteiger partial charge in [-0.15, -0.1) is 0 Å². The largest absolute Gasteiger partial charge is 0.496 e. The van der Waals surface area contributed by atoms with Gasteiger partial charge in [0.1, 0.15) is 23.0 Å². The Balaban J connectivity index is 1.81. The van der Waals surface area contributed by atoms with E-state index in [2.05, 4.69) is 5.32 Å². The minimum Gasteiger partial charge on any atom is -0.496 e. The van der Waals surface area contributed by atoms with Crippen LogP contribution in [0.3, 0.4) is 0 Å². The summed E-state index contributed by atoms with van der Waals surface area (Å²) in [4.78, 5) is 12.9. The number of ether oxygens (including phenoxy) is 7. The smallest absolute Gasteiger partial charge is 0.203 e. The Kier molecular flexibility index (Phi) is 11.3. The van der Waals surface area contributed by atoms with Crippen LogP contribution in [0.4, 0.5) is 5.69 Å². The molecular weight excluding hydrogens is 578 g/mol. The third-order valence-corrected chi connectivity index (χ3v) is 7.54. The first kappa shape index (κ1) is 32.7. The van der Waals surface area contributed by atoms with E-state index in [1.807, 2.05) is 0 Å². The average molecular weight is 614 g/mol. The minimum atomic E-state index is -3.72. The number of nitrogens with one attached hydrogen (secondary N) is 1. The number of hydrogen-bond acceptors (Lipinski definition) is 11. The molecule has 0 amide bonds. The quantitative estimate of drug-likeness (QED) is 0.181. The fourth-order valence-corrected chi connectivity index (χ4v) is 5.22. The Morgan fingerprint density at radius 1 is 0.721 bits per heavy atom. The van der Waals surface area contributed by atoms with E-state index < -0.39 is 9.84 Å². The molecule has 0 fully saturated rings. The highest BCUT2D eigenvalue weighted by Gasteiger charge is 2.17. The van der Waals surface area contributed by atoms with Crippen molar-refractivity contribution >= 4 is 27.4 Å². The van der Waals surface area contributed by atoms with E-state index in [9.17, 15) is 13.2 Å². The van der Waals surface area contributed by atoms with Gasteiger partial charge in [0.25, 0.3) is 0 Å². The van der Waals surface area contributed by atoms with E-state index in [-0.39, 0.29) is 11.5 Å². The summed E-state index contributed by atoms with van der Waals surface area (Å²) in [5.41, 5.74) is 1.72. The standard InChI is InChI=1S/C31H35NO10S/c1-36-22-17-27(38-3)23(28(18-22)39-4)11-13-43(34,35)19-20-8-9-26(37-2)24(14-20)32-12-10-25(33)21-15-29(40-5)31(42-7)30(16-21)41-6/h8-18,32H,19H2,1-7H3/b12-10+,13-11+. The van der Waals surface area contributed by atoms with Crippen molar-refractivity contribution in [1.29, 1.82) is 0 Å². The highest BCUT2D eigenvalue weighted by molar-refractivity contribution is 7.93. The number of carbonyl (C=O) groups is 1. The molecule has 0 heterocycles. The summed E-state index contributed by atoms with van der Waals surface area (Å²) >= 11 is 0. The topological polar surface area (TPSA) is 128 Å². The van der Waals surface area contributed by atoms with Crippen LogP contribution in [0.2, 0.25) is 0 Å². The lowest BCUT2D eigenvalue weighted by molar-refractivity contribution is 0.104. The van der Waals surface area contributed by atoms with Crippen LogP contribution in [0.5, 0.6) is 40.2 Å². The summed E-state index contributed by atoms with van der Waals surface area (Å²) in [6.45, 7) is 0. The highest BCUT2D eigenvalue weighted by atomic mass is 32.2. The van der Waals surface area contributed by atoms with Crippen molar-refractivity contribution in [2.24, 2.45) is 0 Å². The van der Waals surface area contributed by atoms with E-state index in [1.54, 1.807) is 42.5 Å². The van der Waals surface area contributed by atoms with E-state index >= 15 is 0 Å². The Morgan fingerprint density at radius 2 is 1.30 bits per heavy atom. The molecule has 1 N–H and O–H groups in total. The maximum atomic E-state index is 13.0. The molecule has 0 aromatic heterocycles. The molecule has 0 saturated heterocycles. The number of allylic oxidation sites excluding steroid dienone is 1. The molecule has 3 aromatic carbocycles. The molecule has 0 aliphatic rings. The van der Waals surface area contributed by atoms with Crippen LogP contribution in [0, 0.1) is 0 Å². The molecule has 3 aromatic rings. The van der Waals surface area contributed by atoms with Crippen molar-refractivity contribution in [3.05, 3.63) is 76.8 Å². The van der Waals surface area contributed by atoms with Gasteiger partial charge in [0, 0.05) is 35.4 Å². The van der Waals surface area contributed by atoms with E-state index in [0.717, 1.165) is 5.41 Å². The van der Waals surface area contributed by atoms with Gasteiger partial charge < -0.3 is 38.5 Å². The predicted octanol–water partition coefficient (Wildman–Crippen LogP) is 5.14. The second kappa shape index (κ2) is 14.9. The molecule has 0 aliphatic heterocycles. The molecule has 11 nitrogen and oxygen atoms in total. The summed E-state index contributed by atoms with van der Waals surface area (Å²) in [7, 11) is 6.62. The van der Waals surface area contributed by atoms with Crippen molar-refractivity contribution < 1.29 is 46.4 Å². The lowest BCUT2D eigenvalue weighted by Gasteiger charge is -2.13. The summed E-state index contributed by atoms with van der Waals surface area (Å²) < 4.78 is 63.4. The van der Waals surface area contributed by atoms with Crippen LogP contribution in [-0.4, -0.2) is 64.0 Å². The molecule has 12 heteroatoms. The SMILES string of the molecule is COc1cc(OC)c(/C=C/S(=O)(=O)Cc2ccc(OC)c(N/C=C/C(=O)c3cc(OC)c(OC)c(OC)c3)c2)c(OC)c1. The number of ketones is 1. The molecule has 0 radical (unpaired) electrons. The maximum absolute atomic E-state index is 13.0. The predicted molar refractivity (Wildman–Crippen MR) is 164 cm³/mol. The van der Waals surface area contributed by atoms with Gasteiger partial charge in [0.2, 0.25) is 5.75 Å². The van der Waals surface area contributed by atoms with Gasteiger partial charge in [0.15, 0.2) is 27.1 Å². The fourth-order valence-electron chi connectivity index (χ4n) is 4.13. The third-order valence-electron chi connectivity index (χ3n) is 6.25. The zero-order chi connectivity index (χ0) is 31.6. The normalized spacial score (nSPS) is 11.3. The Hall–Kier alpha value is -4.84. The molecule has 0 atom stereocenters. The molecule has 43 heavy (non-hydrogen) atoms. The van der Waals surface area contributed by atoms with Crippen molar-refractivity contribution in [1.82, 2.24) is 0 Å². The van der Waals surface area contributed by atoms with E-state index in [0.29, 0.717) is 62.6 Å². The Morgan fingerprint density at radius 3 is 1.81 bits per heavy atom. The summed E-state index contributed by atoms with van der Waals surface area (Å²) in [5, 5.41) is 4.10. The maximum Gasteiger partial charge on any atom is 0.203 e. The zero-order valence-electron chi connectivity index (χ0n) is 25.0. The van der Waals surface area contributed by atoms with Crippen molar-refractivity contribution in [3.8, 4) is 40.2 Å². The second-order valence-corrected chi connectivity index (χ2v) is 10.7. The first-order chi connectivity index (χ1) is 20.6. The van der Waals surface area contributed by atoms with Gasteiger partial charge in [0.05, 0.1) is 66.8 Å². The van der Waals surface area contributed by atoms with Crippen molar-refractivity contribution in [3.63, 3.8) is 0 Å². The molecule has 0 unspecified atom stereocenters.